The fraction of sp³-hybridized carbons (Fsp3) is 0.348. The molecule has 1 aliphatic heterocycles. The van der Waals surface area contributed by atoms with Crippen molar-refractivity contribution >= 4 is 5.82 Å². The molecule has 170 valence electrons. The van der Waals surface area contributed by atoms with E-state index in [1.807, 2.05) is 12.1 Å². The minimum absolute atomic E-state index is 0.477. The zero-order valence-corrected chi connectivity index (χ0v) is 18.0. The summed E-state index contributed by atoms with van der Waals surface area (Å²) in [5.41, 5.74) is 2.33. The molecular formula is C23H24F3N3O3. The van der Waals surface area contributed by atoms with Crippen molar-refractivity contribution < 1.29 is 27.4 Å². The number of hydrogen-bond donors (Lipinski definition) is 1. The maximum Gasteiger partial charge on any atom is 0.416 e. The van der Waals surface area contributed by atoms with Crippen LogP contribution in [0, 0.1) is 0 Å². The number of nitrogens with zero attached hydrogens (tertiary/aromatic N) is 2. The van der Waals surface area contributed by atoms with E-state index in [1.165, 1.54) is 19.2 Å². The van der Waals surface area contributed by atoms with E-state index in [2.05, 4.69) is 5.32 Å². The number of fused-ring (bicyclic) bond motifs is 1. The smallest absolute Gasteiger partial charge is 0.416 e. The Morgan fingerprint density at radius 1 is 0.938 bits per heavy atom. The number of hydrogen-bond acceptors (Lipinski definition) is 5. The van der Waals surface area contributed by atoms with E-state index in [0.717, 1.165) is 54.9 Å². The standard InChI is InChI=1S/C23H24F3N3O3/c1-30-18-12-14(13-19(31-2)21(18)32-3)20-17-6-4-5-11-27-22(17)29(28-20)16-9-7-15(8-10-16)23(24,25)26/h7-10,12-13,27H,4-6,11H2,1-3H3. The molecule has 1 aromatic heterocycles. The topological polar surface area (TPSA) is 57.5 Å². The largest absolute Gasteiger partial charge is 0.493 e. The number of methoxy groups -OCH3 is 3. The lowest BCUT2D eigenvalue weighted by molar-refractivity contribution is -0.137. The summed E-state index contributed by atoms with van der Waals surface area (Å²) in [6, 6.07) is 8.65. The van der Waals surface area contributed by atoms with Gasteiger partial charge in [-0.05, 0) is 55.7 Å². The molecule has 0 saturated heterocycles. The van der Waals surface area contributed by atoms with Crippen molar-refractivity contribution in [1.29, 1.82) is 0 Å². The molecule has 0 saturated carbocycles. The van der Waals surface area contributed by atoms with Gasteiger partial charge in [-0.3, -0.25) is 0 Å². The van der Waals surface area contributed by atoms with Crippen LogP contribution in [0.2, 0.25) is 0 Å². The molecule has 2 aromatic carbocycles. The SMILES string of the molecule is COc1cc(-c2nn(-c3ccc(C(F)(F)F)cc3)c3c2CCCCN3)cc(OC)c1OC. The number of ether oxygens (including phenoxy) is 3. The average molecular weight is 447 g/mol. The van der Waals surface area contributed by atoms with E-state index >= 15 is 0 Å². The summed E-state index contributed by atoms with van der Waals surface area (Å²) in [6.45, 7) is 0.758. The van der Waals surface area contributed by atoms with E-state index in [0.29, 0.717) is 28.6 Å². The number of rotatable bonds is 5. The van der Waals surface area contributed by atoms with Gasteiger partial charge in [0.2, 0.25) is 5.75 Å². The minimum atomic E-state index is -4.39. The van der Waals surface area contributed by atoms with Crippen molar-refractivity contribution in [2.24, 2.45) is 0 Å². The lowest BCUT2D eigenvalue weighted by Crippen LogP contribution is -2.08. The first-order chi connectivity index (χ1) is 15.4. The fourth-order valence-corrected chi connectivity index (χ4v) is 3.93. The van der Waals surface area contributed by atoms with Crippen molar-refractivity contribution in [2.45, 2.75) is 25.4 Å². The second-order valence-electron chi connectivity index (χ2n) is 7.43. The molecule has 4 rings (SSSR count). The normalized spacial score (nSPS) is 13.7. The molecule has 2 heterocycles. The first-order valence-electron chi connectivity index (χ1n) is 10.2. The minimum Gasteiger partial charge on any atom is -0.493 e. The lowest BCUT2D eigenvalue weighted by atomic mass is 10.0. The monoisotopic (exact) mass is 447 g/mol. The van der Waals surface area contributed by atoms with E-state index in [9.17, 15) is 13.2 Å². The number of aromatic nitrogens is 2. The van der Waals surface area contributed by atoms with Gasteiger partial charge in [-0.15, -0.1) is 0 Å². The third kappa shape index (κ3) is 3.94. The van der Waals surface area contributed by atoms with Crippen LogP contribution in [-0.2, 0) is 12.6 Å². The molecular weight excluding hydrogens is 423 g/mol. The highest BCUT2D eigenvalue weighted by Gasteiger charge is 2.30. The van der Waals surface area contributed by atoms with Crippen LogP contribution in [0.3, 0.4) is 0 Å². The Bertz CT molecular complexity index is 1080. The number of alkyl halides is 3. The number of halogens is 3. The molecule has 0 bridgehead atoms. The van der Waals surface area contributed by atoms with Crippen LogP contribution in [0.15, 0.2) is 36.4 Å². The van der Waals surface area contributed by atoms with E-state index in [1.54, 1.807) is 18.9 Å². The maximum atomic E-state index is 13.0. The molecule has 9 heteroatoms. The predicted molar refractivity (Wildman–Crippen MR) is 115 cm³/mol. The average Bonchev–Trinajstić information content (AvgIpc) is 2.98. The summed E-state index contributed by atoms with van der Waals surface area (Å²) in [6.07, 6.45) is -1.65. The van der Waals surface area contributed by atoms with Gasteiger partial charge in [0.25, 0.3) is 0 Å². The number of nitrogens with one attached hydrogen (secondary N) is 1. The molecule has 0 amide bonds. The van der Waals surface area contributed by atoms with Gasteiger partial charge in [-0.25, -0.2) is 4.68 Å². The van der Waals surface area contributed by atoms with Crippen LogP contribution >= 0.6 is 0 Å². The Kier molecular flexibility index (Phi) is 5.90. The zero-order chi connectivity index (χ0) is 22.9. The summed E-state index contributed by atoms with van der Waals surface area (Å²) in [5, 5.41) is 8.19. The van der Waals surface area contributed by atoms with E-state index < -0.39 is 11.7 Å². The van der Waals surface area contributed by atoms with Crippen LogP contribution in [0.1, 0.15) is 24.0 Å². The summed E-state index contributed by atoms with van der Waals surface area (Å²) in [5.74, 6) is 2.26. The third-order valence-corrected chi connectivity index (χ3v) is 5.51. The molecule has 0 atom stereocenters. The van der Waals surface area contributed by atoms with Gasteiger partial charge in [0, 0.05) is 17.7 Å². The second-order valence-corrected chi connectivity index (χ2v) is 7.43. The predicted octanol–water partition coefficient (Wildman–Crippen LogP) is 5.33. The summed E-state index contributed by atoms with van der Waals surface area (Å²) < 4.78 is 57.1. The van der Waals surface area contributed by atoms with Crippen LogP contribution in [0.25, 0.3) is 16.9 Å². The van der Waals surface area contributed by atoms with E-state index in [4.69, 9.17) is 19.3 Å². The zero-order valence-electron chi connectivity index (χ0n) is 18.0. The highest BCUT2D eigenvalue weighted by Crippen LogP contribution is 2.43. The Hall–Kier alpha value is -3.36. The molecule has 1 N–H and O–H groups in total. The highest BCUT2D eigenvalue weighted by molar-refractivity contribution is 5.75. The van der Waals surface area contributed by atoms with Gasteiger partial charge in [0.05, 0.1) is 38.3 Å². The summed E-state index contributed by atoms with van der Waals surface area (Å²) >= 11 is 0. The van der Waals surface area contributed by atoms with Gasteiger partial charge in [-0.2, -0.15) is 18.3 Å². The number of benzene rings is 2. The van der Waals surface area contributed by atoms with Gasteiger partial charge < -0.3 is 19.5 Å². The molecule has 0 unspecified atom stereocenters. The van der Waals surface area contributed by atoms with Crippen molar-refractivity contribution in [3.05, 3.63) is 47.5 Å². The maximum absolute atomic E-state index is 13.0. The van der Waals surface area contributed by atoms with Gasteiger partial charge in [0.1, 0.15) is 5.82 Å². The quantitative estimate of drug-likeness (QED) is 0.573. The molecule has 3 aromatic rings. The summed E-state index contributed by atoms with van der Waals surface area (Å²) in [4.78, 5) is 0. The van der Waals surface area contributed by atoms with Crippen LogP contribution < -0.4 is 19.5 Å². The molecule has 0 spiro atoms. The van der Waals surface area contributed by atoms with Crippen molar-refractivity contribution in [2.75, 3.05) is 33.2 Å². The van der Waals surface area contributed by atoms with Crippen LogP contribution in [0.4, 0.5) is 19.0 Å². The second kappa shape index (κ2) is 8.64. The van der Waals surface area contributed by atoms with Crippen molar-refractivity contribution in [3.8, 4) is 34.2 Å². The first kappa shape index (κ1) is 21.9. The molecule has 0 aliphatic carbocycles. The fourth-order valence-electron chi connectivity index (χ4n) is 3.93. The van der Waals surface area contributed by atoms with Gasteiger partial charge in [-0.1, -0.05) is 0 Å². The molecule has 32 heavy (non-hydrogen) atoms. The molecule has 1 aliphatic rings. The third-order valence-electron chi connectivity index (χ3n) is 5.51. The Balaban J connectivity index is 1.87. The highest BCUT2D eigenvalue weighted by atomic mass is 19.4. The molecule has 0 radical (unpaired) electrons. The van der Waals surface area contributed by atoms with Crippen LogP contribution in [0.5, 0.6) is 17.2 Å². The van der Waals surface area contributed by atoms with Crippen LogP contribution in [-0.4, -0.2) is 37.7 Å². The Labute approximate surface area is 183 Å². The van der Waals surface area contributed by atoms with E-state index in [-0.39, 0.29) is 0 Å². The van der Waals surface area contributed by atoms with Crippen molar-refractivity contribution in [3.63, 3.8) is 0 Å². The molecule has 0 fully saturated rings. The first-order valence-corrected chi connectivity index (χ1v) is 10.2. The van der Waals surface area contributed by atoms with Gasteiger partial charge >= 0.3 is 6.18 Å². The Morgan fingerprint density at radius 2 is 1.59 bits per heavy atom. The molecule has 6 nitrogen and oxygen atoms in total. The summed E-state index contributed by atoms with van der Waals surface area (Å²) in [7, 11) is 4.63. The Morgan fingerprint density at radius 3 is 2.16 bits per heavy atom. The lowest BCUT2D eigenvalue weighted by Gasteiger charge is -2.14. The number of anilines is 1. The van der Waals surface area contributed by atoms with Gasteiger partial charge in [0.15, 0.2) is 11.5 Å². The van der Waals surface area contributed by atoms with Crippen molar-refractivity contribution in [1.82, 2.24) is 9.78 Å².